The van der Waals surface area contributed by atoms with E-state index in [1.165, 1.54) is 12.8 Å². The molecule has 0 aromatic heterocycles. The van der Waals surface area contributed by atoms with Gasteiger partial charge in [0.05, 0.1) is 6.54 Å². The summed E-state index contributed by atoms with van der Waals surface area (Å²) in [5, 5.41) is 0. The smallest absolute Gasteiger partial charge is 0.236 e. The van der Waals surface area contributed by atoms with Gasteiger partial charge in [-0.15, -0.1) is 0 Å². The van der Waals surface area contributed by atoms with Crippen LogP contribution in [0.15, 0.2) is 0 Å². The van der Waals surface area contributed by atoms with E-state index in [0.717, 1.165) is 6.54 Å². The number of rotatable bonds is 4. The maximum Gasteiger partial charge on any atom is 0.236 e. The standard InChI is InChI=1S/C9H18N2O/c1-7(2)6-11(8-3-4-8)9(12)5-10/h7-8H,3-6,10H2,1-2H3. The quantitative estimate of drug-likeness (QED) is 0.671. The molecule has 1 rings (SSSR count). The Morgan fingerprint density at radius 3 is 2.50 bits per heavy atom. The zero-order valence-electron chi connectivity index (χ0n) is 7.92. The summed E-state index contributed by atoms with van der Waals surface area (Å²) in [7, 11) is 0. The molecule has 0 aromatic carbocycles. The Labute approximate surface area is 73.9 Å². The molecule has 12 heavy (non-hydrogen) atoms. The minimum Gasteiger partial charge on any atom is -0.338 e. The molecular weight excluding hydrogens is 152 g/mol. The van der Waals surface area contributed by atoms with E-state index in [4.69, 9.17) is 5.73 Å². The van der Waals surface area contributed by atoms with Crippen molar-refractivity contribution in [1.29, 1.82) is 0 Å². The molecule has 70 valence electrons. The Bertz CT molecular complexity index is 164. The minimum atomic E-state index is 0.103. The maximum atomic E-state index is 11.3. The lowest BCUT2D eigenvalue weighted by molar-refractivity contribution is -0.130. The Morgan fingerprint density at radius 2 is 2.17 bits per heavy atom. The summed E-state index contributed by atoms with van der Waals surface area (Å²) in [5.74, 6) is 0.646. The van der Waals surface area contributed by atoms with Gasteiger partial charge in [-0.05, 0) is 18.8 Å². The molecule has 1 saturated carbocycles. The average Bonchev–Trinajstić information content (AvgIpc) is 2.81. The second-order valence-electron chi connectivity index (χ2n) is 3.88. The fourth-order valence-electron chi connectivity index (χ4n) is 1.35. The van der Waals surface area contributed by atoms with Gasteiger partial charge in [-0.3, -0.25) is 4.79 Å². The predicted octanol–water partition coefficient (Wildman–Crippen LogP) is 0.592. The van der Waals surface area contributed by atoms with Crippen molar-refractivity contribution in [1.82, 2.24) is 4.90 Å². The second kappa shape index (κ2) is 3.90. The fourth-order valence-corrected chi connectivity index (χ4v) is 1.35. The highest BCUT2D eigenvalue weighted by Gasteiger charge is 2.31. The summed E-state index contributed by atoms with van der Waals surface area (Å²) < 4.78 is 0. The highest BCUT2D eigenvalue weighted by Crippen LogP contribution is 2.27. The number of hydrogen-bond acceptors (Lipinski definition) is 2. The van der Waals surface area contributed by atoms with Gasteiger partial charge in [-0.25, -0.2) is 0 Å². The summed E-state index contributed by atoms with van der Waals surface area (Å²) in [5.41, 5.74) is 5.32. The van der Waals surface area contributed by atoms with Crippen molar-refractivity contribution < 1.29 is 4.79 Å². The van der Waals surface area contributed by atoms with Gasteiger partial charge in [0.1, 0.15) is 0 Å². The van der Waals surface area contributed by atoms with Crippen LogP contribution in [0.3, 0.4) is 0 Å². The summed E-state index contributed by atoms with van der Waals surface area (Å²) >= 11 is 0. The van der Waals surface area contributed by atoms with Gasteiger partial charge in [-0.1, -0.05) is 13.8 Å². The van der Waals surface area contributed by atoms with Crippen LogP contribution in [0, 0.1) is 5.92 Å². The van der Waals surface area contributed by atoms with E-state index in [9.17, 15) is 4.79 Å². The Hall–Kier alpha value is -0.570. The maximum absolute atomic E-state index is 11.3. The molecule has 1 amide bonds. The van der Waals surface area contributed by atoms with Crippen LogP contribution in [0.5, 0.6) is 0 Å². The normalized spacial score (nSPS) is 16.7. The molecule has 0 aliphatic heterocycles. The SMILES string of the molecule is CC(C)CN(C(=O)CN)C1CC1. The highest BCUT2D eigenvalue weighted by atomic mass is 16.2. The molecule has 1 fully saturated rings. The van der Waals surface area contributed by atoms with Crippen molar-refractivity contribution in [2.45, 2.75) is 32.7 Å². The third-order valence-electron chi connectivity index (χ3n) is 2.04. The molecule has 1 aliphatic carbocycles. The molecule has 2 N–H and O–H groups in total. The van der Waals surface area contributed by atoms with Gasteiger partial charge in [0.25, 0.3) is 0 Å². The fraction of sp³-hybridized carbons (Fsp3) is 0.889. The first-order chi connectivity index (χ1) is 5.65. The topological polar surface area (TPSA) is 46.3 Å². The Balaban J connectivity index is 2.42. The van der Waals surface area contributed by atoms with Gasteiger partial charge in [0, 0.05) is 12.6 Å². The summed E-state index contributed by atoms with van der Waals surface area (Å²) in [6.45, 7) is 5.27. The van der Waals surface area contributed by atoms with Crippen molar-refractivity contribution in [3.63, 3.8) is 0 Å². The van der Waals surface area contributed by atoms with Crippen LogP contribution in [0.4, 0.5) is 0 Å². The van der Waals surface area contributed by atoms with E-state index >= 15 is 0 Å². The van der Waals surface area contributed by atoms with Gasteiger partial charge in [0.15, 0.2) is 0 Å². The second-order valence-corrected chi connectivity index (χ2v) is 3.88. The van der Waals surface area contributed by atoms with E-state index in [1.807, 2.05) is 4.90 Å². The van der Waals surface area contributed by atoms with Crippen LogP contribution in [0.2, 0.25) is 0 Å². The molecule has 0 saturated heterocycles. The Morgan fingerprint density at radius 1 is 1.58 bits per heavy atom. The molecule has 0 heterocycles. The van der Waals surface area contributed by atoms with Crippen molar-refractivity contribution in [2.75, 3.05) is 13.1 Å². The number of nitrogens with two attached hydrogens (primary N) is 1. The number of carbonyl (C=O) groups is 1. The van der Waals surface area contributed by atoms with Crippen molar-refractivity contribution in [2.24, 2.45) is 11.7 Å². The number of nitrogens with zero attached hydrogens (tertiary/aromatic N) is 1. The van der Waals surface area contributed by atoms with Gasteiger partial charge in [0.2, 0.25) is 5.91 Å². The number of amides is 1. The lowest BCUT2D eigenvalue weighted by Gasteiger charge is -2.23. The molecular formula is C9H18N2O. The Kier molecular flexibility index (Phi) is 3.09. The van der Waals surface area contributed by atoms with E-state index in [2.05, 4.69) is 13.8 Å². The molecule has 0 bridgehead atoms. The minimum absolute atomic E-state index is 0.103. The van der Waals surface area contributed by atoms with Gasteiger partial charge in [-0.2, -0.15) is 0 Å². The molecule has 0 unspecified atom stereocenters. The van der Waals surface area contributed by atoms with Gasteiger partial charge >= 0.3 is 0 Å². The van der Waals surface area contributed by atoms with Crippen LogP contribution in [-0.2, 0) is 4.79 Å². The van der Waals surface area contributed by atoms with Crippen LogP contribution in [-0.4, -0.2) is 29.9 Å². The molecule has 3 nitrogen and oxygen atoms in total. The summed E-state index contributed by atoms with van der Waals surface area (Å²) in [6, 6.07) is 0.503. The third kappa shape index (κ3) is 2.48. The largest absolute Gasteiger partial charge is 0.338 e. The molecule has 0 aromatic rings. The van der Waals surface area contributed by atoms with Gasteiger partial charge < -0.3 is 10.6 Å². The molecule has 0 atom stereocenters. The van der Waals surface area contributed by atoms with Crippen LogP contribution >= 0.6 is 0 Å². The summed E-state index contributed by atoms with van der Waals surface area (Å²) in [4.78, 5) is 13.3. The van der Waals surface area contributed by atoms with Crippen LogP contribution in [0.1, 0.15) is 26.7 Å². The monoisotopic (exact) mass is 170 g/mol. The number of carbonyl (C=O) groups excluding carboxylic acids is 1. The predicted molar refractivity (Wildman–Crippen MR) is 48.6 cm³/mol. The van der Waals surface area contributed by atoms with E-state index in [-0.39, 0.29) is 12.5 Å². The van der Waals surface area contributed by atoms with E-state index < -0.39 is 0 Å². The van der Waals surface area contributed by atoms with E-state index in [1.54, 1.807) is 0 Å². The van der Waals surface area contributed by atoms with Crippen LogP contribution in [0.25, 0.3) is 0 Å². The van der Waals surface area contributed by atoms with Crippen molar-refractivity contribution in [3.8, 4) is 0 Å². The number of hydrogen-bond donors (Lipinski definition) is 1. The summed E-state index contributed by atoms with van der Waals surface area (Å²) in [6.07, 6.45) is 2.33. The van der Waals surface area contributed by atoms with E-state index in [0.29, 0.717) is 12.0 Å². The first-order valence-corrected chi connectivity index (χ1v) is 4.64. The first kappa shape index (κ1) is 9.52. The zero-order chi connectivity index (χ0) is 9.14. The van der Waals surface area contributed by atoms with Crippen molar-refractivity contribution >= 4 is 5.91 Å². The lowest BCUT2D eigenvalue weighted by Crippen LogP contribution is -2.39. The highest BCUT2D eigenvalue weighted by molar-refractivity contribution is 5.78. The van der Waals surface area contributed by atoms with Crippen LogP contribution < -0.4 is 5.73 Å². The molecule has 0 radical (unpaired) electrons. The molecule has 1 aliphatic rings. The molecule has 3 heteroatoms. The third-order valence-corrected chi connectivity index (χ3v) is 2.04. The first-order valence-electron chi connectivity index (χ1n) is 4.64. The van der Waals surface area contributed by atoms with Crippen molar-refractivity contribution in [3.05, 3.63) is 0 Å². The zero-order valence-corrected chi connectivity index (χ0v) is 7.92. The lowest BCUT2D eigenvalue weighted by atomic mass is 10.2. The average molecular weight is 170 g/mol. The molecule has 0 spiro atoms.